The predicted molar refractivity (Wildman–Crippen MR) is 72.8 cm³/mol. The molecule has 18 heavy (non-hydrogen) atoms. The molecule has 0 amide bonds. The van der Waals surface area contributed by atoms with Crippen molar-refractivity contribution in [3.63, 3.8) is 0 Å². The maximum Gasteiger partial charge on any atom is 0.113 e. The zero-order valence-electron chi connectivity index (χ0n) is 11.1. The van der Waals surface area contributed by atoms with E-state index in [9.17, 15) is 0 Å². The summed E-state index contributed by atoms with van der Waals surface area (Å²) in [5.74, 6) is 1.15. The maximum atomic E-state index is 4.86. The van der Waals surface area contributed by atoms with E-state index in [1.54, 1.807) is 0 Å². The second-order valence-corrected chi connectivity index (χ2v) is 4.92. The lowest BCUT2D eigenvalue weighted by Crippen LogP contribution is -2.44. The molecule has 1 fully saturated rings. The normalized spacial score (nSPS) is 21.6. The van der Waals surface area contributed by atoms with Crippen molar-refractivity contribution in [2.45, 2.75) is 19.4 Å². The summed E-state index contributed by atoms with van der Waals surface area (Å²) in [6.07, 6.45) is 3.08. The number of rotatable bonds is 2. The highest BCUT2D eigenvalue weighted by molar-refractivity contribution is 5.54. The Kier molecular flexibility index (Phi) is 3.06. The molecule has 4 nitrogen and oxygen atoms in total. The van der Waals surface area contributed by atoms with Crippen molar-refractivity contribution in [2.24, 2.45) is 0 Å². The zero-order valence-corrected chi connectivity index (χ0v) is 11.1. The van der Waals surface area contributed by atoms with Crippen LogP contribution in [0.25, 0.3) is 5.52 Å². The molecule has 1 aliphatic rings. The van der Waals surface area contributed by atoms with E-state index in [1.807, 2.05) is 0 Å². The van der Waals surface area contributed by atoms with Crippen LogP contribution in [0.1, 0.15) is 24.5 Å². The van der Waals surface area contributed by atoms with Crippen LogP contribution in [0.3, 0.4) is 0 Å². The molecule has 0 aliphatic carbocycles. The number of piperazine rings is 1. The quantitative estimate of drug-likeness (QED) is 0.868. The Morgan fingerprint density at radius 3 is 3.11 bits per heavy atom. The van der Waals surface area contributed by atoms with E-state index in [4.69, 9.17) is 4.98 Å². The van der Waals surface area contributed by atoms with E-state index >= 15 is 0 Å². The highest BCUT2D eigenvalue weighted by atomic mass is 15.2. The molecule has 1 N–H and O–H groups in total. The third kappa shape index (κ3) is 1.82. The Morgan fingerprint density at radius 2 is 2.33 bits per heavy atom. The Balaban J connectivity index is 2.10. The van der Waals surface area contributed by atoms with E-state index in [0.29, 0.717) is 6.04 Å². The van der Waals surface area contributed by atoms with Crippen LogP contribution < -0.4 is 5.32 Å². The summed E-state index contributed by atoms with van der Waals surface area (Å²) in [4.78, 5) is 7.26. The van der Waals surface area contributed by atoms with Crippen LogP contribution in [-0.4, -0.2) is 41.0 Å². The smallest absolute Gasteiger partial charge is 0.113 e. The highest BCUT2D eigenvalue weighted by Crippen LogP contribution is 2.25. The number of fused-ring (bicyclic) bond motifs is 1. The number of nitrogens with one attached hydrogen (secondary N) is 1. The molecule has 1 unspecified atom stereocenters. The van der Waals surface area contributed by atoms with Crippen molar-refractivity contribution in [1.29, 1.82) is 0 Å². The Morgan fingerprint density at radius 1 is 1.44 bits per heavy atom. The van der Waals surface area contributed by atoms with Gasteiger partial charge in [-0.15, -0.1) is 0 Å². The van der Waals surface area contributed by atoms with E-state index in [0.717, 1.165) is 31.9 Å². The lowest BCUT2D eigenvalue weighted by Gasteiger charge is -2.32. The van der Waals surface area contributed by atoms with Crippen LogP contribution in [0, 0.1) is 0 Å². The van der Waals surface area contributed by atoms with E-state index in [1.165, 1.54) is 11.2 Å². The Labute approximate surface area is 108 Å². The van der Waals surface area contributed by atoms with E-state index in [2.05, 4.69) is 53.0 Å². The van der Waals surface area contributed by atoms with Gasteiger partial charge in [-0.2, -0.15) is 0 Å². The Bertz CT molecular complexity index is 546. The first-order chi connectivity index (χ1) is 8.81. The molecule has 2 aromatic rings. The second kappa shape index (κ2) is 4.71. The number of hydrogen-bond acceptors (Lipinski definition) is 3. The third-order valence-corrected chi connectivity index (χ3v) is 3.79. The summed E-state index contributed by atoms with van der Waals surface area (Å²) in [5.41, 5.74) is 2.46. The minimum atomic E-state index is 0.386. The SMILES string of the molecule is CCc1nc(C2CNCCN2C)c2ccccn12. The minimum absolute atomic E-state index is 0.386. The van der Waals surface area contributed by atoms with Gasteiger partial charge < -0.3 is 9.72 Å². The van der Waals surface area contributed by atoms with Crippen molar-refractivity contribution in [3.05, 3.63) is 35.9 Å². The number of aromatic nitrogens is 2. The molecular formula is C14H20N4. The molecule has 1 atom stereocenters. The van der Waals surface area contributed by atoms with Crippen LogP contribution in [0.15, 0.2) is 24.4 Å². The first-order valence-corrected chi connectivity index (χ1v) is 6.68. The summed E-state index contributed by atoms with van der Waals surface area (Å²) in [7, 11) is 2.19. The molecule has 0 spiro atoms. The van der Waals surface area contributed by atoms with Crippen molar-refractivity contribution < 1.29 is 0 Å². The summed E-state index contributed by atoms with van der Waals surface area (Å²) >= 11 is 0. The average molecular weight is 244 g/mol. The fourth-order valence-corrected chi connectivity index (χ4v) is 2.73. The van der Waals surface area contributed by atoms with Crippen molar-refractivity contribution in [2.75, 3.05) is 26.7 Å². The van der Waals surface area contributed by atoms with Crippen LogP contribution >= 0.6 is 0 Å². The predicted octanol–water partition coefficient (Wildman–Crippen LogP) is 1.47. The molecular weight excluding hydrogens is 224 g/mol. The molecule has 3 rings (SSSR count). The van der Waals surface area contributed by atoms with Gasteiger partial charge in [-0.3, -0.25) is 4.90 Å². The highest BCUT2D eigenvalue weighted by Gasteiger charge is 2.25. The van der Waals surface area contributed by atoms with Gasteiger partial charge in [0.25, 0.3) is 0 Å². The first-order valence-electron chi connectivity index (χ1n) is 6.68. The Hall–Kier alpha value is -1.39. The molecule has 0 saturated carbocycles. The van der Waals surface area contributed by atoms with Gasteiger partial charge in [0.1, 0.15) is 5.82 Å². The number of nitrogens with zero attached hydrogens (tertiary/aromatic N) is 3. The topological polar surface area (TPSA) is 32.6 Å². The van der Waals surface area contributed by atoms with Gasteiger partial charge in [0.15, 0.2) is 0 Å². The van der Waals surface area contributed by atoms with E-state index < -0.39 is 0 Å². The first kappa shape index (κ1) is 11.7. The lowest BCUT2D eigenvalue weighted by molar-refractivity contribution is 0.200. The number of aryl methyl sites for hydroxylation is 1. The molecule has 0 radical (unpaired) electrons. The zero-order chi connectivity index (χ0) is 12.5. The minimum Gasteiger partial charge on any atom is -0.313 e. The fourth-order valence-electron chi connectivity index (χ4n) is 2.73. The number of likely N-dealkylation sites (N-methyl/N-ethyl adjacent to an activating group) is 1. The maximum absolute atomic E-state index is 4.86. The fraction of sp³-hybridized carbons (Fsp3) is 0.500. The summed E-state index contributed by atoms with van der Waals surface area (Å²) in [5, 5.41) is 3.46. The lowest BCUT2D eigenvalue weighted by atomic mass is 10.1. The van der Waals surface area contributed by atoms with Gasteiger partial charge in [-0.05, 0) is 19.2 Å². The summed E-state index contributed by atoms with van der Waals surface area (Å²) < 4.78 is 2.22. The standard InChI is InChI=1S/C14H20N4/c1-3-13-16-14(11-6-4-5-8-18(11)13)12-10-15-7-9-17(12)2/h4-6,8,12,15H,3,7,9-10H2,1-2H3. The van der Waals surface area contributed by atoms with Gasteiger partial charge in [0.05, 0.1) is 17.3 Å². The molecule has 2 aromatic heterocycles. The van der Waals surface area contributed by atoms with Crippen LogP contribution in [0.2, 0.25) is 0 Å². The summed E-state index contributed by atoms with van der Waals surface area (Å²) in [6, 6.07) is 6.72. The molecule has 1 aliphatic heterocycles. The number of hydrogen-bond donors (Lipinski definition) is 1. The molecule has 0 aromatic carbocycles. The van der Waals surface area contributed by atoms with Crippen molar-refractivity contribution in [3.8, 4) is 0 Å². The van der Waals surface area contributed by atoms with Crippen LogP contribution in [0.4, 0.5) is 0 Å². The monoisotopic (exact) mass is 244 g/mol. The van der Waals surface area contributed by atoms with Gasteiger partial charge in [0, 0.05) is 32.3 Å². The second-order valence-electron chi connectivity index (χ2n) is 4.92. The molecule has 0 bridgehead atoms. The summed E-state index contributed by atoms with van der Waals surface area (Å²) in [6.45, 7) is 5.30. The van der Waals surface area contributed by atoms with Gasteiger partial charge in [0.2, 0.25) is 0 Å². The van der Waals surface area contributed by atoms with E-state index in [-0.39, 0.29) is 0 Å². The van der Waals surface area contributed by atoms with Crippen LogP contribution in [-0.2, 0) is 6.42 Å². The van der Waals surface area contributed by atoms with Crippen molar-refractivity contribution in [1.82, 2.24) is 19.6 Å². The average Bonchev–Trinajstić information content (AvgIpc) is 2.78. The molecule has 4 heteroatoms. The van der Waals surface area contributed by atoms with Crippen molar-refractivity contribution >= 4 is 5.52 Å². The van der Waals surface area contributed by atoms with Gasteiger partial charge in [-0.25, -0.2) is 4.98 Å². The number of imidazole rings is 1. The third-order valence-electron chi connectivity index (χ3n) is 3.79. The molecule has 1 saturated heterocycles. The van der Waals surface area contributed by atoms with Gasteiger partial charge >= 0.3 is 0 Å². The van der Waals surface area contributed by atoms with Crippen LogP contribution in [0.5, 0.6) is 0 Å². The molecule has 96 valence electrons. The molecule has 3 heterocycles. The largest absolute Gasteiger partial charge is 0.313 e. The number of pyridine rings is 1. The van der Waals surface area contributed by atoms with Gasteiger partial charge in [-0.1, -0.05) is 13.0 Å².